The molecule has 1 fully saturated rings. The summed E-state index contributed by atoms with van der Waals surface area (Å²) in [5.74, 6) is 0.225. The summed E-state index contributed by atoms with van der Waals surface area (Å²) in [6.07, 6.45) is 7.71. The van der Waals surface area contributed by atoms with Crippen molar-refractivity contribution in [1.29, 1.82) is 0 Å². The molecule has 19 heavy (non-hydrogen) atoms. The molecule has 2 heterocycles. The Bertz CT molecular complexity index is 563. The van der Waals surface area contributed by atoms with Crippen molar-refractivity contribution in [2.45, 2.75) is 25.7 Å². The highest BCUT2D eigenvalue weighted by Gasteiger charge is 2.23. The molecule has 1 aliphatic rings. The van der Waals surface area contributed by atoms with Crippen LogP contribution in [-0.4, -0.2) is 21.1 Å². The molecular formula is C13H14N4OS. The highest BCUT2D eigenvalue weighted by Crippen LogP contribution is 2.29. The first-order valence-corrected chi connectivity index (χ1v) is 7.19. The minimum atomic E-state index is 0.0786. The lowest BCUT2D eigenvalue weighted by atomic mass is 10.1. The zero-order valence-corrected chi connectivity index (χ0v) is 11.2. The largest absolute Gasteiger partial charge is 0.300 e. The lowest BCUT2D eigenvalue weighted by molar-refractivity contribution is -0.119. The number of hydrogen-bond acceptors (Lipinski definition) is 5. The van der Waals surface area contributed by atoms with Crippen molar-refractivity contribution in [3.05, 3.63) is 24.5 Å². The molecule has 1 aliphatic carbocycles. The predicted molar refractivity (Wildman–Crippen MR) is 73.7 cm³/mol. The first-order chi connectivity index (χ1) is 9.33. The van der Waals surface area contributed by atoms with E-state index in [1.54, 1.807) is 12.4 Å². The topological polar surface area (TPSA) is 67.8 Å². The van der Waals surface area contributed by atoms with E-state index < -0.39 is 0 Å². The van der Waals surface area contributed by atoms with Gasteiger partial charge in [0, 0.05) is 23.9 Å². The predicted octanol–water partition coefficient (Wildman–Crippen LogP) is 2.73. The Morgan fingerprint density at radius 3 is 2.68 bits per heavy atom. The fourth-order valence-corrected chi connectivity index (χ4v) is 3.03. The maximum absolute atomic E-state index is 12.0. The number of nitrogens with one attached hydrogen (secondary N) is 1. The molecule has 0 aromatic carbocycles. The van der Waals surface area contributed by atoms with Crippen molar-refractivity contribution in [3.63, 3.8) is 0 Å². The summed E-state index contributed by atoms with van der Waals surface area (Å²) >= 11 is 1.39. The Hall–Kier alpha value is -1.82. The molecule has 6 heteroatoms. The van der Waals surface area contributed by atoms with Gasteiger partial charge in [0.1, 0.15) is 5.01 Å². The molecule has 2 aromatic rings. The average Bonchev–Trinajstić information content (AvgIpc) is 3.11. The van der Waals surface area contributed by atoms with E-state index in [0.29, 0.717) is 5.13 Å². The van der Waals surface area contributed by atoms with Gasteiger partial charge in [-0.15, -0.1) is 10.2 Å². The number of aromatic nitrogens is 3. The van der Waals surface area contributed by atoms with Gasteiger partial charge < -0.3 is 5.32 Å². The summed E-state index contributed by atoms with van der Waals surface area (Å²) in [4.78, 5) is 15.9. The fourth-order valence-electron chi connectivity index (χ4n) is 2.28. The molecule has 2 aromatic heterocycles. The zero-order chi connectivity index (χ0) is 13.1. The van der Waals surface area contributed by atoms with Crippen LogP contribution in [0.2, 0.25) is 0 Å². The van der Waals surface area contributed by atoms with Crippen molar-refractivity contribution in [2.75, 3.05) is 5.32 Å². The second kappa shape index (κ2) is 5.44. The van der Waals surface area contributed by atoms with Crippen molar-refractivity contribution >= 4 is 22.4 Å². The van der Waals surface area contributed by atoms with Crippen LogP contribution in [0.25, 0.3) is 10.6 Å². The molecule has 98 valence electrons. The SMILES string of the molecule is O=C(Nc1nnc(-c2ccncc2)s1)C1CCCC1. The van der Waals surface area contributed by atoms with Gasteiger partial charge in [0.25, 0.3) is 0 Å². The van der Waals surface area contributed by atoms with E-state index in [1.165, 1.54) is 11.3 Å². The van der Waals surface area contributed by atoms with Crippen molar-refractivity contribution in [2.24, 2.45) is 5.92 Å². The summed E-state index contributed by atoms with van der Waals surface area (Å²) in [6, 6.07) is 3.76. The third kappa shape index (κ3) is 2.78. The molecule has 1 saturated carbocycles. The molecule has 3 rings (SSSR count). The molecular weight excluding hydrogens is 260 g/mol. The van der Waals surface area contributed by atoms with Crippen LogP contribution in [0, 0.1) is 5.92 Å². The summed E-state index contributed by atoms with van der Waals surface area (Å²) < 4.78 is 0. The van der Waals surface area contributed by atoms with Gasteiger partial charge in [0.2, 0.25) is 11.0 Å². The number of rotatable bonds is 3. The van der Waals surface area contributed by atoms with Crippen LogP contribution < -0.4 is 5.32 Å². The lowest BCUT2D eigenvalue weighted by Crippen LogP contribution is -2.20. The summed E-state index contributed by atoms with van der Waals surface area (Å²) in [5.41, 5.74) is 0.967. The number of carbonyl (C=O) groups excluding carboxylic acids is 1. The third-order valence-corrected chi connectivity index (χ3v) is 4.20. The molecule has 0 saturated heterocycles. The summed E-state index contributed by atoms with van der Waals surface area (Å²) in [5, 5.41) is 12.3. The van der Waals surface area contributed by atoms with Gasteiger partial charge in [-0.05, 0) is 25.0 Å². The van der Waals surface area contributed by atoms with Gasteiger partial charge in [-0.2, -0.15) is 0 Å². The van der Waals surface area contributed by atoms with Crippen LogP contribution in [0.1, 0.15) is 25.7 Å². The zero-order valence-electron chi connectivity index (χ0n) is 10.4. The molecule has 0 radical (unpaired) electrons. The molecule has 1 N–H and O–H groups in total. The number of carbonyl (C=O) groups is 1. The molecule has 0 unspecified atom stereocenters. The van der Waals surface area contributed by atoms with Crippen molar-refractivity contribution in [3.8, 4) is 10.6 Å². The van der Waals surface area contributed by atoms with Gasteiger partial charge in [-0.25, -0.2) is 0 Å². The smallest absolute Gasteiger partial charge is 0.229 e. The van der Waals surface area contributed by atoms with E-state index in [0.717, 1.165) is 36.3 Å². The van der Waals surface area contributed by atoms with Crippen LogP contribution in [-0.2, 0) is 4.79 Å². The molecule has 5 nitrogen and oxygen atoms in total. The average molecular weight is 274 g/mol. The Morgan fingerprint density at radius 2 is 1.95 bits per heavy atom. The molecule has 0 spiro atoms. The van der Waals surface area contributed by atoms with Gasteiger partial charge in [0.05, 0.1) is 0 Å². The van der Waals surface area contributed by atoms with E-state index >= 15 is 0 Å². The molecule has 0 bridgehead atoms. The molecule has 1 amide bonds. The summed E-state index contributed by atoms with van der Waals surface area (Å²) in [6.45, 7) is 0. The number of anilines is 1. The number of pyridine rings is 1. The van der Waals surface area contributed by atoms with Crippen LogP contribution in [0.5, 0.6) is 0 Å². The maximum atomic E-state index is 12.0. The number of hydrogen-bond donors (Lipinski definition) is 1. The van der Waals surface area contributed by atoms with Gasteiger partial charge in [-0.3, -0.25) is 9.78 Å². The van der Waals surface area contributed by atoms with Crippen molar-refractivity contribution in [1.82, 2.24) is 15.2 Å². The Balaban J connectivity index is 1.70. The van der Waals surface area contributed by atoms with E-state index in [2.05, 4.69) is 20.5 Å². The van der Waals surface area contributed by atoms with Crippen LogP contribution >= 0.6 is 11.3 Å². The highest BCUT2D eigenvalue weighted by atomic mass is 32.1. The van der Waals surface area contributed by atoms with Gasteiger partial charge in [0.15, 0.2) is 0 Å². The van der Waals surface area contributed by atoms with E-state index in [-0.39, 0.29) is 11.8 Å². The first kappa shape index (κ1) is 12.2. The Morgan fingerprint density at radius 1 is 1.21 bits per heavy atom. The normalized spacial score (nSPS) is 15.6. The van der Waals surface area contributed by atoms with Gasteiger partial charge >= 0.3 is 0 Å². The summed E-state index contributed by atoms with van der Waals surface area (Å²) in [7, 11) is 0. The third-order valence-electron chi connectivity index (χ3n) is 3.31. The molecule has 0 aliphatic heterocycles. The van der Waals surface area contributed by atoms with Crippen LogP contribution in [0.3, 0.4) is 0 Å². The van der Waals surface area contributed by atoms with Gasteiger partial charge in [-0.1, -0.05) is 24.2 Å². The van der Waals surface area contributed by atoms with Crippen LogP contribution in [0.15, 0.2) is 24.5 Å². The number of nitrogens with zero attached hydrogens (tertiary/aromatic N) is 3. The van der Waals surface area contributed by atoms with E-state index in [1.807, 2.05) is 12.1 Å². The lowest BCUT2D eigenvalue weighted by Gasteiger charge is -2.06. The quantitative estimate of drug-likeness (QED) is 0.934. The Labute approximate surface area is 115 Å². The maximum Gasteiger partial charge on any atom is 0.229 e. The second-order valence-electron chi connectivity index (χ2n) is 4.62. The standard InChI is InChI=1S/C13H14N4OS/c18-11(9-3-1-2-4-9)15-13-17-16-12(19-13)10-5-7-14-8-6-10/h5-9H,1-4H2,(H,15,17,18). The van der Waals surface area contributed by atoms with E-state index in [9.17, 15) is 4.79 Å². The second-order valence-corrected chi connectivity index (χ2v) is 5.60. The first-order valence-electron chi connectivity index (χ1n) is 6.38. The fraction of sp³-hybridized carbons (Fsp3) is 0.385. The molecule has 0 atom stereocenters. The monoisotopic (exact) mass is 274 g/mol. The van der Waals surface area contributed by atoms with Crippen molar-refractivity contribution < 1.29 is 4.79 Å². The van der Waals surface area contributed by atoms with Crippen LogP contribution in [0.4, 0.5) is 5.13 Å². The minimum absolute atomic E-state index is 0.0786. The Kier molecular flexibility index (Phi) is 3.50. The highest BCUT2D eigenvalue weighted by molar-refractivity contribution is 7.18. The minimum Gasteiger partial charge on any atom is -0.300 e. The number of amides is 1. The van der Waals surface area contributed by atoms with E-state index in [4.69, 9.17) is 0 Å².